The summed E-state index contributed by atoms with van der Waals surface area (Å²) in [5.74, 6) is 0.906. The second-order valence-corrected chi connectivity index (χ2v) is 6.05. The summed E-state index contributed by atoms with van der Waals surface area (Å²) in [5.41, 5.74) is 1.59. The third kappa shape index (κ3) is 4.50. The molecule has 0 aliphatic heterocycles. The van der Waals surface area contributed by atoms with E-state index >= 15 is 0 Å². The molecule has 0 aliphatic rings. The van der Waals surface area contributed by atoms with Crippen LogP contribution in [-0.4, -0.2) is 16.5 Å². The van der Waals surface area contributed by atoms with E-state index in [-0.39, 0.29) is 11.5 Å². The van der Waals surface area contributed by atoms with Crippen LogP contribution in [0, 0.1) is 15.3 Å². The van der Waals surface area contributed by atoms with Crippen LogP contribution in [0.15, 0.2) is 60.8 Å². The van der Waals surface area contributed by atoms with E-state index in [0.717, 1.165) is 17.7 Å². The van der Waals surface area contributed by atoms with Gasteiger partial charge in [-0.05, 0) is 41.2 Å². The second kappa shape index (κ2) is 8.77. The molecule has 0 N–H and O–H groups in total. The Balaban J connectivity index is 1.84. The first-order valence-electron chi connectivity index (χ1n) is 8.83. The normalized spacial score (nSPS) is 10.9. The molecule has 1 aromatic heterocycles. The summed E-state index contributed by atoms with van der Waals surface area (Å²) < 4.78 is 6.21. The standard InChI is InChI=1S/C21H19N3O4/c1-2-14-28-20-10-7-16(8-11-20)6-9-18-12-13-22-21(23(18)25)17-4-3-5-19(15-17)24(26)27/h3-13,15H,2,14H2,1H3/b9-6+. The van der Waals surface area contributed by atoms with Crippen LogP contribution in [0.25, 0.3) is 23.5 Å². The molecule has 7 heteroatoms. The highest BCUT2D eigenvalue weighted by atomic mass is 16.6. The number of ether oxygens (including phenoxy) is 1. The Morgan fingerprint density at radius 1 is 1.14 bits per heavy atom. The van der Waals surface area contributed by atoms with Crippen LogP contribution >= 0.6 is 0 Å². The fraction of sp³-hybridized carbons (Fsp3) is 0.143. The molecule has 7 nitrogen and oxygen atoms in total. The molecule has 3 aromatic rings. The van der Waals surface area contributed by atoms with Gasteiger partial charge in [-0.15, -0.1) is 0 Å². The topological polar surface area (TPSA) is 92.2 Å². The van der Waals surface area contributed by atoms with Crippen molar-refractivity contribution in [1.29, 1.82) is 0 Å². The first-order valence-corrected chi connectivity index (χ1v) is 8.83. The summed E-state index contributed by atoms with van der Waals surface area (Å²) in [7, 11) is 0. The van der Waals surface area contributed by atoms with Gasteiger partial charge in [-0.1, -0.05) is 31.2 Å². The van der Waals surface area contributed by atoms with E-state index in [1.165, 1.54) is 24.4 Å². The molecule has 0 radical (unpaired) electrons. The zero-order valence-electron chi connectivity index (χ0n) is 15.3. The second-order valence-electron chi connectivity index (χ2n) is 6.05. The van der Waals surface area contributed by atoms with Gasteiger partial charge in [-0.2, -0.15) is 0 Å². The summed E-state index contributed by atoms with van der Waals surface area (Å²) in [6, 6.07) is 15.0. The van der Waals surface area contributed by atoms with Crippen molar-refractivity contribution < 1.29 is 14.4 Å². The number of hydrogen-bond acceptors (Lipinski definition) is 5. The van der Waals surface area contributed by atoms with Gasteiger partial charge in [-0.25, -0.2) is 4.73 Å². The lowest BCUT2D eigenvalue weighted by Gasteiger charge is -2.09. The van der Waals surface area contributed by atoms with Gasteiger partial charge in [0.25, 0.3) is 5.69 Å². The number of benzene rings is 2. The molecule has 28 heavy (non-hydrogen) atoms. The Morgan fingerprint density at radius 2 is 1.93 bits per heavy atom. The number of rotatable bonds is 7. The van der Waals surface area contributed by atoms with E-state index in [1.54, 1.807) is 18.2 Å². The Morgan fingerprint density at radius 3 is 2.64 bits per heavy atom. The van der Waals surface area contributed by atoms with E-state index in [2.05, 4.69) is 4.98 Å². The summed E-state index contributed by atoms with van der Waals surface area (Å²) in [6.07, 6.45) is 5.94. The van der Waals surface area contributed by atoms with Crippen molar-refractivity contribution in [1.82, 2.24) is 4.98 Å². The minimum atomic E-state index is -0.504. The SMILES string of the molecule is CCCOc1ccc(/C=C/c2ccnc(-c3cccc([N+](=O)[O-])c3)[n+]2[O-])cc1. The van der Waals surface area contributed by atoms with Crippen molar-refractivity contribution in [3.05, 3.63) is 87.4 Å². The molecule has 0 atom stereocenters. The maximum atomic E-state index is 12.7. The van der Waals surface area contributed by atoms with Gasteiger partial charge in [0.1, 0.15) is 17.6 Å². The van der Waals surface area contributed by atoms with Crippen molar-refractivity contribution in [3.63, 3.8) is 0 Å². The fourth-order valence-corrected chi connectivity index (χ4v) is 2.58. The van der Waals surface area contributed by atoms with Crippen LogP contribution in [-0.2, 0) is 0 Å². The molecule has 2 aromatic carbocycles. The molecular formula is C21H19N3O4. The Kier molecular flexibility index (Phi) is 5.96. The van der Waals surface area contributed by atoms with Gasteiger partial charge >= 0.3 is 5.82 Å². The highest BCUT2D eigenvalue weighted by Gasteiger charge is 2.16. The van der Waals surface area contributed by atoms with Crippen LogP contribution in [0.2, 0.25) is 0 Å². The maximum Gasteiger partial charge on any atom is 0.333 e. The Bertz CT molecular complexity index is 1000. The van der Waals surface area contributed by atoms with Crippen LogP contribution in [0.3, 0.4) is 0 Å². The van der Waals surface area contributed by atoms with Crippen molar-refractivity contribution >= 4 is 17.8 Å². The number of nitro benzene ring substituents is 1. The lowest BCUT2D eigenvalue weighted by molar-refractivity contribution is -0.598. The number of nitro groups is 1. The van der Waals surface area contributed by atoms with E-state index in [9.17, 15) is 15.3 Å². The van der Waals surface area contributed by atoms with Gasteiger partial charge in [0.15, 0.2) is 0 Å². The van der Waals surface area contributed by atoms with E-state index in [1.807, 2.05) is 37.3 Å². The third-order valence-electron chi connectivity index (χ3n) is 3.98. The monoisotopic (exact) mass is 377 g/mol. The minimum absolute atomic E-state index is 0.0920. The predicted octanol–water partition coefficient (Wildman–Crippen LogP) is 4.25. The number of nitrogens with zero attached hydrogens (tertiary/aromatic N) is 3. The van der Waals surface area contributed by atoms with Crippen molar-refractivity contribution in [2.75, 3.05) is 6.61 Å². The van der Waals surface area contributed by atoms with Crippen LogP contribution < -0.4 is 9.47 Å². The van der Waals surface area contributed by atoms with E-state index in [0.29, 0.717) is 22.6 Å². The largest absolute Gasteiger partial charge is 0.710 e. The number of aromatic nitrogens is 2. The lowest BCUT2D eigenvalue weighted by Crippen LogP contribution is -2.33. The summed E-state index contributed by atoms with van der Waals surface area (Å²) >= 11 is 0. The van der Waals surface area contributed by atoms with Crippen LogP contribution in [0.1, 0.15) is 24.6 Å². The molecule has 0 saturated heterocycles. The van der Waals surface area contributed by atoms with Gasteiger partial charge in [0.2, 0.25) is 0 Å². The fourth-order valence-electron chi connectivity index (χ4n) is 2.58. The smallest absolute Gasteiger partial charge is 0.333 e. The van der Waals surface area contributed by atoms with Gasteiger partial charge in [-0.3, -0.25) is 10.1 Å². The molecular weight excluding hydrogens is 358 g/mol. The summed E-state index contributed by atoms with van der Waals surface area (Å²) in [4.78, 5) is 14.5. The molecule has 0 fully saturated rings. The van der Waals surface area contributed by atoms with Crippen molar-refractivity contribution in [2.45, 2.75) is 13.3 Å². The molecule has 0 aliphatic carbocycles. The summed E-state index contributed by atoms with van der Waals surface area (Å²) in [6.45, 7) is 2.72. The third-order valence-corrected chi connectivity index (χ3v) is 3.98. The highest BCUT2D eigenvalue weighted by Crippen LogP contribution is 2.20. The zero-order valence-corrected chi connectivity index (χ0v) is 15.3. The van der Waals surface area contributed by atoms with Gasteiger partial charge < -0.3 is 9.94 Å². The van der Waals surface area contributed by atoms with E-state index in [4.69, 9.17) is 4.74 Å². The molecule has 0 saturated carbocycles. The maximum absolute atomic E-state index is 12.7. The van der Waals surface area contributed by atoms with Gasteiger partial charge in [0.05, 0.1) is 17.1 Å². The number of non-ortho nitro benzene ring substituents is 1. The predicted molar refractivity (Wildman–Crippen MR) is 106 cm³/mol. The lowest BCUT2D eigenvalue weighted by atomic mass is 10.1. The van der Waals surface area contributed by atoms with Gasteiger partial charge in [0, 0.05) is 18.2 Å². The Labute approximate surface area is 162 Å². The Hall–Kier alpha value is -3.74. The van der Waals surface area contributed by atoms with Crippen molar-refractivity contribution in [3.8, 4) is 17.1 Å². The highest BCUT2D eigenvalue weighted by molar-refractivity contribution is 5.67. The minimum Gasteiger partial charge on any atom is -0.710 e. The average molecular weight is 377 g/mol. The molecule has 142 valence electrons. The van der Waals surface area contributed by atoms with Crippen molar-refractivity contribution in [2.24, 2.45) is 0 Å². The zero-order chi connectivity index (χ0) is 19.9. The average Bonchev–Trinajstić information content (AvgIpc) is 2.72. The summed E-state index contributed by atoms with van der Waals surface area (Å²) in [5, 5.41) is 23.6. The number of hydrogen-bond donors (Lipinski definition) is 0. The molecule has 0 bridgehead atoms. The first-order chi connectivity index (χ1) is 13.6. The molecule has 0 amide bonds. The molecule has 3 rings (SSSR count). The first kappa shape index (κ1) is 19.0. The molecule has 1 heterocycles. The quantitative estimate of drug-likeness (QED) is 0.266. The van der Waals surface area contributed by atoms with E-state index < -0.39 is 4.92 Å². The molecule has 0 unspecified atom stereocenters. The van der Waals surface area contributed by atoms with Crippen LogP contribution in [0.4, 0.5) is 5.69 Å². The van der Waals surface area contributed by atoms with Crippen LogP contribution in [0.5, 0.6) is 5.75 Å². The molecule has 0 spiro atoms.